The molecule has 2 aliphatic rings. The number of hydrogen-bond donors (Lipinski definition) is 1. The number of carbonyl (C=O) groups is 1. The number of methoxy groups -OCH3 is 1. The Kier molecular flexibility index (Phi) is 3.21. The predicted molar refractivity (Wildman–Crippen MR) is 74.4 cm³/mol. The minimum absolute atomic E-state index is 0.0586. The van der Waals surface area contributed by atoms with Crippen LogP contribution in [0.25, 0.3) is 0 Å². The van der Waals surface area contributed by atoms with Crippen molar-refractivity contribution in [3.8, 4) is 5.75 Å². The number of hydrogen-bond acceptors (Lipinski definition) is 2. The van der Waals surface area contributed by atoms with Gasteiger partial charge in [0.15, 0.2) is 0 Å². The fraction of sp³-hybridized carbons (Fsp3) is 0.562. The molecule has 3 nitrogen and oxygen atoms in total. The van der Waals surface area contributed by atoms with Gasteiger partial charge in [0.2, 0.25) is 0 Å². The number of rotatable bonds is 3. The zero-order valence-corrected chi connectivity index (χ0v) is 11.6. The highest BCUT2D eigenvalue weighted by molar-refractivity contribution is 5.94. The zero-order valence-electron chi connectivity index (χ0n) is 11.6. The van der Waals surface area contributed by atoms with E-state index in [-0.39, 0.29) is 5.91 Å². The van der Waals surface area contributed by atoms with Crippen molar-refractivity contribution in [2.24, 2.45) is 11.8 Å². The molecule has 2 bridgehead atoms. The zero-order chi connectivity index (χ0) is 13.4. The molecule has 0 heterocycles. The van der Waals surface area contributed by atoms with Gasteiger partial charge in [-0.2, -0.15) is 0 Å². The molecule has 1 aromatic carbocycles. The van der Waals surface area contributed by atoms with Crippen molar-refractivity contribution >= 4 is 5.91 Å². The highest BCUT2D eigenvalue weighted by Crippen LogP contribution is 2.44. The maximum absolute atomic E-state index is 12.3. The van der Waals surface area contributed by atoms with Crippen LogP contribution in [0, 0.1) is 18.8 Å². The summed E-state index contributed by atoms with van der Waals surface area (Å²) in [5, 5.41) is 3.21. The molecule has 0 radical (unpaired) electrons. The van der Waals surface area contributed by atoms with E-state index in [9.17, 15) is 4.79 Å². The smallest absolute Gasteiger partial charge is 0.251 e. The molecule has 0 unspecified atom stereocenters. The monoisotopic (exact) mass is 259 g/mol. The first-order chi connectivity index (χ1) is 9.17. The summed E-state index contributed by atoms with van der Waals surface area (Å²) < 4.78 is 5.22. The Balaban J connectivity index is 1.69. The minimum atomic E-state index is 0.0586. The molecule has 0 spiro atoms. The highest BCUT2D eigenvalue weighted by Gasteiger charge is 2.40. The third kappa shape index (κ3) is 2.34. The Labute approximate surface area is 114 Å². The standard InChI is InChI=1S/C16H21NO2/c1-10-7-13(5-6-15(10)19-2)16(18)17-14-9-11-3-4-12(14)8-11/h5-7,11-12,14H,3-4,8-9H2,1-2H3,(H,17,18)/t11-,12-,14+/m1/s1. The average molecular weight is 259 g/mol. The second kappa shape index (κ2) is 4.87. The van der Waals surface area contributed by atoms with E-state index in [1.807, 2.05) is 25.1 Å². The van der Waals surface area contributed by atoms with Crippen LogP contribution >= 0.6 is 0 Å². The summed E-state index contributed by atoms with van der Waals surface area (Å²) >= 11 is 0. The van der Waals surface area contributed by atoms with Gasteiger partial charge in [0.1, 0.15) is 5.75 Å². The molecule has 3 rings (SSSR count). The van der Waals surface area contributed by atoms with E-state index in [1.54, 1.807) is 7.11 Å². The molecule has 1 aromatic rings. The van der Waals surface area contributed by atoms with Crippen LogP contribution in [0.2, 0.25) is 0 Å². The molecular formula is C16H21NO2. The third-order valence-corrected chi connectivity index (χ3v) is 4.71. The number of ether oxygens (including phenoxy) is 1. The van der Waals surface area contributed by atoms with Gasteiger partial charge in [-0.15, -0.1) is 0 Å². The van der Waals surface area contributed by atoms with E-state index in [2.05, 4.69) is 5.32 Å². The molecule has 2 aliphatic carbocycles. The fourth-order valence-electron chi connectivity index (χ4n) is 3.69. The number of amides is 1. The first-order valence-electron chi connectivity index (χ1n) is 7.13. The molecule has 2 fully saturated rings. The molecular weight excluding hydrogens is 238 g/mol. The molecule has 1 amide bonds. The Bertz CT molecular complexity index is 498. The SMILES string of the molecule is COc1ccc(C(=O)N[C@H]2C[C@@H]3CC[C@@H]2C3)cc1C. The van der Waals surface area contributed by atoms with E-state index in [0.717, 1.165) is 22.8 Å². The number of aryl methyl sites for hydroxylation is 1. The van der Waals surface area contributed by atoms with Crippen LogP contribution in [-0.2, 0) is 0 Å². The van der Waals surface area contributed by atoms with Crippen LogP contribution < -0.4 is 10.1 Å². The Morgan fingerprint density at radius 2 is 2.16 bits per heavy atom. The van der Waals surface area contributed by atoms with Crippen LogP contribution in [0.5, 0.6) is 5.75 Å². The van der Waals surface area contributed by atoms with Crippen LogP contribution in [0.3, 0.4) is 0 Å². The van der Waals surface area contributed by atoms with E-state index >= 15 is 0 Å². The van der Waals surface area contributed by atoms with Crippen molar-refractivity contribution in [2.75, 3.05) is 7.11 Å². The van der Waals surface area contributed by atoms with E-state index in [4.69, 9.17) is 4.74 Å². The number of benzene rings is 1. The summed E-state index contributed by atoms with van der Waals surface area (Å²) in [5.74, 6) is 2.46. The van der Waals surface area contributed by atoms with Crippen molar-refractivity contribution in [2.45, 2.75) is 38.6 Å². The van der Waals surface area contributed by atoms with Gasteiger partial charge in [0, 0.05) is 11.6 Å². The van der Waals surface area contributed by atoms with Gasteiger partial charge in [-0.25, -0.2) is 0 Å². The molecule has 0 saturated heterocycles. The van der Waals surface area contributed by atoms with Gasteiger partial charge in [0.05, 0.1) is 7.11 Å². The topological polar surface area (TPSA) is 38.3 Å². The van der Waals surface area contributed by atoms with Crippen molar-refractivity contribution in [1.82, 2.24) is 5.32 Å². The molecule has 0 aliphatic heterocycles. The van der Waals surface area contributed by atoms with E-state index < -0.39 is 0 Å². The number of fused-ring (bicyclic) bond motifs is 2. The van der Waals surface area contributed by atoms with E-state index in [0.29, 0.717) is 12.0 Å². The predicted octanol–water partition coefficient (Wildman–Crippen LogP) is 2.92. The fourth-order valence-corrected chi connectivity index (χ4v) is 3.69. The van der Waals surface area contributed by atoms with Crippen LogP contribution in [0.4, 0.5) is 0 Å². The summed E-state index contributed by atoms with van der Waals surface area (Å²) in [6.45, 7) is 1.97. The summed E-state index contributed by atoms with van der Waals surface area (Å²) in [6, 6.07) is 6.01. The van der Waals surface area contributed by atoms with Crippen molar-refractivity contribution in [1.29, 1.82) is 0 Å². The van der Waals surface area contributed by atoms with Gasteiger partial charge in [0.25, 0.3) is 5.91 Å². The lowest BCUT2D eigenvalue weighted by molar-refractivity contribution is 0.0923. The van der Waals surface area contributed by atoms with Crippen LogP contribution in [0.15, 0.2) is 18.2 Å². The molecule has 102 valence electrons. The summed E-state index contributed by atoms with van der Waals surface area (Å²) in [6.07, 6.45) is 5.13. The highest BCUT2D eigenvalue weighted by atomic mass is 16.5. The molecule has 2 saturated carbocycles. The van der Waals surface area contributed by atoms with Crippen molar-refractivity contribution in [3.63, 3.8) is 0 Å². The number of nitrogens with one attached hydrogen (secondary N) is 1. The number of carbonyl (C=O) groups excluding carboxylic acids is 1. The first kappa shape index (κ1) is 12.5. The summed E-state index contributed by atoms with van der Waals surface area (Å²) in [5.41, 5.74) is 1.74. The molecule has 19 heavy (non-hydrogen) atoms. The maximum atomic E-state index is 12.3. The van der Waals surface area contributed by atoms with Gasteiger partial charge in [-0.05, 0) is 61.8 Å². The third-order valence-electron chi connectivity index (χ3n) is 4.71. The lowest BCUT2D eigenvalue weighted by Gasteiger charge is -2.23. The molecule has 1 N–H and O–H groups in total. The normalized spacial score (nSPS) is 28.4. The molecule has 3 atom stereocenters. The largest absolute Gasteiger partial charge is 0.496 e. The van der Waals surface area contributed by atoms with Gasteiger partial charge < -0.3 is 10.1 Å². The Morgan fingerprint density at radius 1 is 1.32 bits per heavy atom. The average Bonchev–Trinajstić information content (AvgIpc) is 3.00. The van der Waals surface area contributed by atoms with Crippen molar-refractivity contribution < 1.29 is 9.53 Å². The van der Waals surface area contributed by atoms with Crippen LogP contribution in [0.1, 0.15) is 41.6 Å². The quantitative estimate of drug-likeness (QED) is 0.906. The Morgan fingerprint density at radius 3 is 2.74 bits per heavy atom. The second-order valence-electron chi connectivity index (χ2n) is 5.94. The summed E-state index contributed by atoms with van der Waals surface area (Å²) in [7, 11) is 1.65. The van der Waals surface area contributed by atoms with Gasteiger partial charge in [-0.1, -0.05) is 6.42 Å². The molecule has 3 heteroatoms. The van der Waals surface area contributed by atoms with Gasteiger partial charge >= 0.3 is 0 Å². The van der Waals surface area contributed by atoms with Gasteiger partial charge in [-0.3, -0.25) is 4.79 Å². The Hall–Kier alpha value is -1.51. The lowest BCUT2D eigenvalue weighted by atomic mass is 9.95. The molecule has 0 aromatic heterocycles. The second-order valence-corrected chi connectivity index (χ2v) is 5.94. The summed E-state index contributed by atoms with van der Waals surface area (Å²) in [4.78, 5) is 12.3. The van der Waals surface area contributed by atoms with Crippen molar-refractivity contribution in [3.05, 3.63) is 29.3 Å². The van der Waals surface area contributed by atoms with E-state index in [1.165, 1.54) is 25.7 Å². The maximum Gasteiger partial charge on any atom is 0.251 e. The van der Waals surface area contributed by atoms with Crippen LogP contribution in [-0.4, -0.2) is 19.1 Å². The lowest BCUT2D eigenvalue weighted by Crippen LogP contribution is -2.38. The first-order valence-corrected chi connectivity index (χ1v) is 7.13. The minimum Gasteiger partial charge on any atom is -0.496 e.